The Hall–Kier alpha value is -0.0100. The summed E-state index contributed by atoms with van der Waals surface area (Å²) in [7, 11) is -4.22. The van der Waals surface area contributed by atoms with Crippen molar-refractivity contribution < 1.29 is 33.1 Å². The molecule has 0 aromatic carbocycles. The summed E-state index contributed by atoms with van der Waals surface area (Å²) >= 11 is 0. The molecule has 0 bridgehead atoms. The van der Waals surface area contributed by atoms with Crippen LogP contribution in [0.5, 0.6) is 0 Å². The Balaban J connectivity index is 4.43. The SMILES string of the molecule is CC(C)CCCC(C)CCCC(C)CCCC(C)CCOCC(COP(=O)(O)OCCCO)OCCC(C)CCCC(C)CCCC(C)CCCC(C)C. The van der Waals surface area contributed by atoms with Crippen molar-refractivity contribution in [1.29, 1.82) is 0 Å². The summed E-state index contributed by atoms with van der Waals surface area (Å²) in [5.41, 5.74) is 0. The van der Waals surface area contributed by atoms with Gasteiger partial charge in [0.05, 0.1) is 19.8 Å². The van der Waals surface area contributed by atoms with Crippen LogP contribution in [-0.2, 0) is 23.1 Å². The Kier molecular flexibility index (Phi) is 35.0. The number of hydrogen-bond acceptors (Lipinski definition) is 6. The molecule has 2 N–H and O–H groups in total. The van der Waals surface area contributed by atoms with E-state index >= 15 is 0 Å². The molecule has 0 aliphatic carbocycles. The van der Waals surface area contributed by atoms with Crippen molar-refractivity contribution in [2.75, 3.05) is 39.6 Å². The molecule has 8 unspecified atom stereocenters. The van der Waals surface area contributed by atoms with Crippen LogP contribution in [0.3, 0.4) is 0 Å². The second-order valence-electron chi connectivity index (χ2n) is 18.8. The van der Waals surface area contributed by atoms with Crippen LogP contribution in [0.4, 0.5) is 0 Å². The van der Waals surface area contributed by atoms with Gasteiger partial charge in [0, 0.05) is 19.8 Å². The van der Waals surface area contributed by atoms with Gasteiger partial charge in [-0.2, -0.15) is 0 Å². The van der Waals surface area contributed by atoms with E-state index in [1.807, 2.05) is 0 Å². The molecule has 0 rings (SSSR count). The van der Waals surface area contributed by atoms with Crippen molar-refractivity contribution in [3.63, 3.8) is 0 Å². The highest BCUT2D eigenvalue weighted by Gasteiger charge is 2.24. The lowest BCUT2D eigenvalue weighted by Gasteiger charge is -2.21. The summed E-state index contributed by atoms with van der Waals surface area (Å²) in [6.07, 6.45) is 25.6. The van der Waals surface area contributed by atoms with Crippen molar-refractivity contribution in [1.82, 2.24) is 0 Å². The summed E-state index contributed by atoms with van der Waals surface area (Å²) in [5, 5.41) is 8.98. The van der Waals surface area contributed by atoms with Gasteiger partial charge in [0.15, 0.2) is 0 Å². The summed E-state index contributed by atoms with van der Waals surface area (Å²) in [4.78, 5) is 10.1. The summed E-state index contributed by atoms with van der Waals surface area (Å²) in [6.45, 7) is 24.9. The lowest BCUT2D eigenvalue weighted by molar-refractivity contribution is -0.0476. The molecule has 0 aliphatic heterocycles. The van der Waals surface area contributed by atoms with E-state index in [0.29, 0.717) is 31.7 Å². The maximum absolute atomic E-state index is 12.4. The standard InChI is InChI=1S/C46H95O7P/c1-38(2)18-11-20-40(5)22-13-24-42(7)26-15-28-44(9)30-34-50-36-46(37-53-54(48,49)52-33-17-32-47)51-35-31-45(10)29-16-27-43(8)25-14-23-41(6)21-12-19-39(3)4/h38-47H,11-37H2,1-10H3,(H,48,49). The molecule has 0 aliphatic rings. The van der Waals surface area contributed by atoms with E-state index in [2.05, 4.69) is 69.2 Å². The highest BCUT2D eigenvalue weighted by atomic mass is 31.2. The van der Waals surface area contributed by atoms with Gasteiger partial charge in [0.1, 0.15) is 6.10 Å². The van der Waals surface area contributed by atoms with Crippen molar-refractivity contribution in [3.05, 3.63) is 0 Å². The minimum atomic E-state index is -4.22. The maximum atomic E-state index is 12.4. The third kappa shape index (κ3) is 36.3. The molecule has 0 fully saturated rings. The molecule has 54 heavy (non-hydrogen) atoms. The number of phosphoric ester groups is 1. The average molecular weight is 791 g/mol. The monoisotopic (exact) mass is 791 g/mol. The highest BCUT2D eigenvalue weighted by Crippen LogP contribution is 2.43. The zero-order valence-corrected chi connectivity index (χ0v) is 38.6. The fourth-order valence-corrected chi connectivity index (χ4v) is 8.20. The van der Waals surface area contributed by atoms with Crippen molar-refractivity contribution in [2.45, 2.75) is 210 Å². The van der Waals surface area contributed by atoms with E-state index in [1.165, 1.54) is 116 Å². The van der Waals surface area contributed by atoms with E-state index in [-0.39, 0.29) is 26.2 Å². The van der Waals surface area contributed by atoms with Gasteiger partial charge < -0.3 is 19.5 Å². The quantitative estimate of drug-likeness (QED) is 0.0471. The fraction of sp³-hybridized carbons (Fsp3) is 1.00. The lowest BCUT2D eigenvalue weighted by Crippen LogP contribution is -2.27. The van der Waals surface area contributed by atoms with E-state index in [9.17, 15) is 9.46 Å². The van der Waals surface area contributed by atoms with Crippen molar-refractivity contribution in [3.8, 4) is 0 Å². The number of rotatable bonds is 40. The minimum Gasteiger partial charge on any atom is -0.396 e. The molecule has 0 saturated carbocycles. The normalized spacial score (nSPS) is 17.4. The van der Waals surface area contributed by atoms with Gasteiger partial charge in [0.25, 0.3) is 0 Å². The molecule has 0 heterocycles. The van der Waals surface area contributed by atoms with Crippen molar-refractivity contribution in [2.24, 2.45) is 47.3 Å². The van der Waals surface area contributed by atoms with Crippen LogP contribution >= 0.6 is 7.82 Å². The predicted molar refractivity (Wildman–Crippen MR) is 231 cm³/mol. The molecule has 326 valence electrons. The van der Waals surface area contributed by atoms with Crippen molar-refractivity contribution >= 4 is 7.82 Å². The molecule has 0 aromatic rings. The largest absolute Gasteiger partial charge is 0.472 e. The Morgan fingerprint density at radius 1 is 0.426 bits per heavy atom. The van der Waals surface area contributed by atoms with Gasteiger partial charge in [0.2, 0.25) is 0 Å². The average Bonchev–Trinajstić information content (AvgIpc) is 3.08. The summed E-state index contributed by atoms with van der Waals surface area (Å²) < 4.78 is 34.8. The molecule has 0 amide bonds. The van der Waals surface area contributed by atoms with Gasteiger partial charge in [-0.15, -0.1) is 0 Å². The Bertz CT molecular complexity index is 855. The van der Waals surface area contributed by atoms with E-state index < -0.39 is 13.9 Å². The van der Waals surface area contributed by atoms with Gasteiger partial charge in [-0.1, -0.05) is 185 Å². The Morgan fingerprint density at radius 2 is 0.778 bits per heavy atom. The number of ether oxygens (including phenoxy) is 2. The lowest BCUT2D eigenvalue weighted by atomic mass is 9.91. The Labute approximate surface area is 337 Å². The van der Waals surface area contributed by atoms with Crippen LogP contribution in [0.25, 0.3) is 0 Å². The Morgan fingerprint density at radius 3 is 1.15 bits per heavy atom. The third-order valence-electron chi connectivity index (χ3n) is 11.5. The van der Waals surface area contributed by atoms with Crippen LogP contribution in [0, 0.1) is 47.3 Å². The molecule has 8 heteroatoms. The van der Waals surface area contributed by atoms with Crippen LogP contribution in [-0.4, -0.2) is 55.7 Å². The van der Waals surface area contributed by atoms with Crippen LogP contribution in [0.2, 0.25) is 0 Å². The molecular formula is C46H95O7P. The fourth-order valence-electron chi connectivity index (χ4n) is 7.41. The predicted octanol–water partition coefficient (Wildman–Crippen LogP) is 13.8. The van der Waals surface area contributed by atoms with Crippen LogP contribution < -0.4 is 0 Å². The summed E-state index contributed by atoms with van der Waals surface area (Å²) in [6, 6.07) is 0. The van der Waals surface area contributed by atoms with E-state index in [4.69, 9.17) is 23.6 Å². The molecule has 0 saturated heterocycles. The molecule has 8 atom stereocenters. The second kappa shape index (κ2) is 35.0. The maximum Gasteiger partial charge on any atom is 0.472 e. The van der Waals surface area contributed by atoms with Gasteiger partial charge >= 0.3 is 7.82 Å². The van der Waals surface area contributed by atoms with Gasteiger partial charge in [-0.3, -0.25) is 9.05 Å². The number of aliphatic hydroxyl groups is 1. The number of phosphoric acid groups is 1. The van der Waals surface area contributed by atoms with Crippen LogP contribution in [0.1, 0.15) is 204 Å². The third-order valence-corrected chi connectivity index (χ3v) is 12.5. The van der Waals surface area contributed by atoms with Crippen LogP contribution in [0.15, 0.2) is 0 Å². The first-order chi connectivity index (χ1) is 25.6. The molecule has 0 spiro atoms. The highest BCUT2D eigenvalue weighted by molar-refractivity contribution is 7.47. The topological polar surface area (TPSA) is 94.5 Å². The first-order valence-electron chi connectivity index (χ1n) is 23.0. The zero-order valence-electron chi connectivity index (χ0n) is 37.7. The molecule has 0 radical (unpaired) electrons. The minimum absolute atomic E-state index is 0.0333. The second-order valence-corrected chi connectivity index (χ2v) is 20.3. The van der Waals surface area contributed by atoms with E-state index in [1.54, 1.807) is 0 Å². The first-order valence-corrected chi connectivity index (χ1v) is 24.5. The number of hydrogen-bond donors (Lipinski definition) is 2. The molecular weight excluding hydrogens is 695 g/mol. The smallest absolute Gasteiger partial charge is 0.396 e. The molecule has 7 nitrogen and oxygen atoms in total. The van der Waals surface area contributed by atoms with E-state index in [0.717, 1.165) is 48.3 Å². The number of aliphatic hydroxyl groups excluding tert-OH is 1. The first kappa shape index (κ1) is 54.0. The van der Waals surface area contributed by atoms with Gasteiger partial charge in [-0.25, -0.2) is 4.57 Å². The van der Waals surface area contributed by atoms with Gasteiger partial charge in [-0.05, 0) is 66.6 Å². The summed E-state index contributed by atoms with van der Waals surface area (Å²) in [5.74, 6) is 6.08. The molecule has 0 aromatic heterocycles. The zero-order chi connectivity index (χ0) is 40.6.